The fourth-order valence-corrected chi connectivity index (χ4v) is 1.58. The van der Waals surface area contributed by atoms with E-state index in [4.69, 9.17) is 10.8 Å². The Kier molecular flexibility index (Phi) is 4.65. The summed E-state index contributed by atoms with van der Waals surface area (Å²) in [6.45, 7) is 1.84. The van der Waals surface area contributed by atoms with E-state index in [9.17, 15) is 14.0 Å². The van der Waals surface area contributed by atoms with Crippen LogP contribution in [0.3, 0.4) is 0 Å². The van der Waals surface area contributed by atoms with E-state index in [1.54, 1.807) is 0 Å². The molecule has 1 aromatic carbocycles. The van der Waals surface area contributed by atoms with Crippen molar-refractivity contribution in [3.8, 4) is 0 Å². The molecule has 0 aliphatic carbocycles. The van der Waals surface area contributed by atoms with Crippen molar-refractivity contribution >= 4 is 17.6 Å². The van der Waals surface area contributed by atoms with Crippen LogP contribution in [0.25, 0.3) is 0 Å². The Morgan fingerprint density at radius 1 is 1.50 bits per heavy atom. The van der Waals surface area contributed by atoms with E-state index < -0.39 is 23.7 Å². The molecule has 0 bridgehead atoms. The fourth-order valence-electron chi connectivity index (χ4n) is 1.58. The quantitative estimate of drug-likeness (QED) is 0.718. The van der Waals surface area contributed by atoms with Crippen LogP contribution in [-0.2, 0) is 4.79 Å². The third-order valence-corrected chi connectivity index (χ3v) is 2.45. The van der Waals surface area contributed by atoms with Gasteiger partial charge in [0.2, 0.25) is 0 Å². The van der Waals surface area contributed by atoms with Crippen LogP contribution in [-0.4, -0.2) is 23.0 Å². The van der Waals surface area contributed by atoms with Gasteiger partial charge >= 0.3 is 5.97 Å². The van der Waals surface area contributed by atoms with Crippen LogP contribution < -0.4 is 11.1 Å². The first-order chi connectivity index (χ1) is 8.45. The average molecular weight is 254 g/mol. The number of hydrogen-bond donors (Lipinski definition) is 3. The minimum atomic E-state index is -1.03. The first kappa shape index (κ1) is 14.0. The molecule has 0 aliphatic rings. The van der Waals surface area contributed by atoms with Gasteiger partial charge < -0.3 is 16.2 Å². The van der Waals surface area contributed by atoms with Gasteiger partial charge in [-0.05, 0) is 24.6 Å². The first-order valence-electron chi connectivity index (χ1n) is 5.54. The lowest BCUT2D eigenvalue weighted by atomic mass is 10.1. The number of amides is 1. The molecular formula is C12H15FN2O3. The third kappa shape index (κ3) is 3.44. The molecule has 6 heteroatoms. The smallest absolute Gasteiger partial charge is 0.326 e. The number of anilines is 1. The number of aliphatic carboxylic acids is 1. The lowest BCUT2D eigenvalue weighted by Crippen LogP contribution is -2.30. The summed E-state index contributed by atoms with van der Waals surface area (Å²) in [6, 6.07) is 2.59. The number of nitrogens with two attached hydrogens (primary N) is 1. The van der Waals surface area contributed by atoms with Gasteiger partial charge in [-0.25, -0.2) is 9.18 Å². The van der Waals surface area contributed by atoms with Gasteiger partial charge in [-0.2, -0.15) is 0 Å². The Balaban J connectivity index is 3.01. The van der Waals surface area contributed by atoms with Gasteiger partial charge in [0, 0.05) is 5.69 Å². The topological polar surface area (TPSA) is 92.4 Å². The minimum Gasteiger partial charge on any atom is -0.480 e. The van der Waals surface area contributed by atoms with E-state index in [-0.39, 0.29) is 11.3 Å². The summed E-state index contributed by atoms with van der Waals surface area (Å²) in [5.41, 5.74) is 5.28. The third-order valence-electron chi connectivity index (χ3n) is 2.45. The molecule has 0 aromatic heterocycles. The summed E-state index contributed by atoms with van der Waals surface area (Å²) in [5, 5.41) is 11.7. The van der Waals surface area contributed by atoms with Gasteiger partial charge in [0.25, 0.3) is 5.91 Å². The predicted molar refractivity (Wildman–Crippen MR) is 64.9 cm³/mol. The zero-order chi connectivity index (χ0) is 13.7. The second-order valence-electron chi connectivity index (χ2n) is 3.88. The standard InChI is InChI=1S/C12H15FN2O3/c1-2-3-10(12(17)18)15-9-5-4-7(13)6-8(9)11(14)16/h4-6,10,15H,2-3H2,1H3,(H2,14,16)(H,17,18). The van der Waals surface area contributed by atoms with Crippen LogP contribution >= 0.6 is 0 Å². The number of nitrogens with one attached hydrogen (secondary N) is 1. The maximum Gasteiger partial charge on any atom is 0.326 e. The molecular weight excluding hydrogens is 239 g/mol. The van der Waals surface area contributed by atoms with Crippen LogP contribution in [0.15, 0.2) is 18.2 Å². The second-order valence-corrected chi connectivity index (χ2v) is 3.88. The number of carbonyl (C=O) groups is 2. The predicted octanol–water partition coefficient (Wildman–Crippen LogP) is 1.59. The van der Waals surface area contributed by atoms with E-state index in [1.165, 1.54) is 6.07 Å². The zero-order valence-corrected chi connectivity index (χ0v) is 9.94. The molecule has 0 saturated carbocycles. The van der Waals surface area contributed by atoms with Crippen LogP contribution in [0.1, 0.15) is 30.1 Å². The summed E-state index contributed by atoms with van der Waals surface area (Å²) in [5.74, 6) is -2.44. The Morgan fingerprint density at radius 2 is 2.17 bits per heavy atom. The van der Waals surface area contributed by atoms with Gasteiger partial charge in [0.15, 0.2) is 0 Å². The largest absolute Gasteiger partial charge is 0.480 e. The van der Waals surface area contributed by atoms with E-state index in [0.717, 1.165) is 12.1 Å². The normalized spacial score (nSPS) is 11.9. The van der Waals surface area contributed by atoms with Crippen molar-refractivity contribution in [1.82, 2.24) is 0 Å². The van der Waals surface area contributed by atoms with Crippen LogP contribution in [0, 0.1) is 5.82 Å². The minimum absolute atomic E-state index is 0.0580. The van der Waals surface area contributed by atoms with Gasteiger partial charge in [-0.1, -0.05) is 13.3 Å². The second kappa shape index (κ2) is 6.00. The molecule has 0 spiro atoms. The van der Waals surface area contributed by atoms with E-state index >= 15 is 0 Å². The fraction of sp³-hybridized carbons (Fsp3) is 0.333. The Hall–Kier alpha value is -2.11. The molecule has 4 N–H and O–H groups in total. The lowest BCUT2D eigenvalue weighted by Gasteiger charge is -2.16. The highest BCUT2D eigenvalue weighted by Gasteiger charge is 2.19. The van der Waals surface area contributed by atoms with Gasteiger partial charge in [-0.15, -0.1) is 0 Å². The Morgan fingerprint density at radius 3 is 2.67 bits per heavy atom. The highest BCUT2D eigenvalue weighted by Crippen LogP contribution is 2.18. The van der Waals surface area contributed by atoms with Crippen LogP contribution in [0.5, 0.6) is 0 Å². The van der Waals surface area contributed by atoms with Crippen molar-refractivity contribution in [2.24, 2.45) is 5.73 Å². The number of halogens is 1. The number of carboxylic acid groups (broad SMARTS) is 1. The average Bonchev–Trinajstić information content (AvgIpc) is 2.30. The van der Waals surface area contributed by atoms with Gasteiger partial charge in [-0.3, -0.25) is 4.79 Å². The number of carboxylic acids is 1. The molecule has 1 aromatic rings. The van der Waals surface area contributed by atoms with Crippen molar-refractivity contribution < 1.29 is 19.1 Å². The van der Waals surface area contributed by atoms with Gasteiger partial charge in [0.1, 0.15) is 11.9 Å². The SMILES string of the molecule is CCCC(Nc1ccc(F)cc1C(N)=O)C(=O)O. The Labute approximate surface area is 104 Å². The maximum absolute atomic E-state index is 13.0. The van der Waals surface area contributed by atoms with Gasteiger partial charge in [0.05, 0.1) is 5.56 Å². The summed E-state index contributed by atoms with van der Waals surface area (Å²) in [7, 11) is 0. The monoisotopic (exact) mass is 254 g/mol. The number of primary amides is 1. The molecule has 1 atom stereocenters. The molecule has 1 amide bonds. The highest BCUT2D eigenvalue weighted by atomic mass is 19.1. The molecule has 1 rings (SSSR count). The highest BCUT2D eigenvalue weighted by molar-refractivity contribution is 5.99. The Bertz CT molecular complexity index is 463. The molecule has 18 heavy (non-hydrogen) atoms. The van der Waals surface area contributed by atoms with Crippen LogP contribution in [0.4, 0.5) is 10.1 Å². The van der Waals surface area contributed by atoms with E-state index in [1.807, 2.05) is 6.92 Å². The van der Waals surface area contributed by atoms with E-state index in [0.29, 0.717) is 12.8 Å². The summed E-state index contributed by atoms with van der Waals surface area (Å²) < 4.78 is 13.0. The molecule has 0 saturated heterocycles. The zero-order valence-electron chi connectivity index (χ0n) is 9.94. The maximum atomic E-state index is 13.0. The van der Waals surface area contributed by atoms with Crippen LogP contribution in [0.2, 0.25) is 0 Å². The molecule has 1 unspecified atom stereocenters. The number of rotatable bonds is 6. The molecule has 5 nitrogen and oxygen atoms in total. The summed E-state index contributed by atoms with van der Waals surface area (Å²) in [6.07, 6.45) is 1.06. The molecule has 0 radical (unpaired) electrons. The summed E-state index contributed by atoms with van der Waals surface area (Å²) in [4.78, 5) is 22.1. The molecule has 0 heterocycles. The van der Waals surface area contributed by atoms with Crippen molar-refractivity contribution in [3.05, 3.63) is 29.6 Å². The van der Waals surface area contributed by atoms with E-state index in [2.05, 4.69) is 5.32 Å². The number of hydrogen-bond acceptors (Lipinski definition) is 3. The van der Waals surface area contributed by atoms with Crippen molar-refractivity contribution in [2.75, 3.05) is 5.32 Å². The summed E-state index contributed by atoms with van der Waals surface area (Å²) >= 11 is 0. The molecule has 98 valence electrons. The van der Waals surface area contributed by atoms with Crippen molar-refractivity contribution in [3.63, 3.8) is 0 Å². The lowest BCUT2D eigenvalue weighted by molar-refractivity contribution is -0.138. The van der Waals surface area contributed by atoms with Crippen molar-refractivity contribution in [1.29, 1.82) is 0 Å². The first-order valence-corrected chi connectivity index (χ1v) is 5.54. The number of carbonyl (C=O) groups excluding carboxylic acids is 1. The molecule has 0 aliphatic heterocycles. The van der Waals surface area contributed by atoms with Crippen molar-refractivity contribution in [2.45, 2.75) is 25.8 Å². The molecule has 0 fully saturated rings. The number of benzene rings is 1.